The summed E-state index contributed by atoms with van der Waals surface area (Å²) < 4.78 is 27.8. The number of fused-ring (bicyclic) bond motifs is 1. The van der Waals surface area contributed by atoms with Gasteiger partial charge in [-0.05, 0) is 43.5 Å². The molecule has 6 heteroatoms. The van der Waals surface area contributed by atoms with Gasteiger partial charge in [0.05, 0.1) is 0 Å². The van der Waals surface area contributed by atoms with Gasteiger partial charge in [0.15, 0.2) is 0 Å². The minimum atomic E-state index is -3.39. The topological polar surface area (TPSA) is 66.6 Å². The van der Waals surface area contributed by atoms with Crippen LogP contribution >= 0.6 is 0 Å². The van der Waals surface area contributed by atoms with Crippen LogP contribution in [0.2, 0.25) is 0 Å². The Labute approximate surface area is 115 Å². The SMILES string of the molecule is CC(C)N(C)S(=O)(=O)N1CCc2ccc(N)cc2C1. The maximum Gasteiger partial charge on any atom is 0.282 e. The molecule has 0 bridgehead atoms. The van der Waals surface area contributed by atoms with Gasteiger partial charge in [-0.25, -0.2) is 0 Å². The van der Waals surface area contributed by atoms with E-state index in [0.717, 1.165) is 12.0 Å². The highest BCUT2D eigenvalue weighted by molar-refractivity contribution is 7.86. The number of anilines is 1. The maximum absolute atomic E-state index is 12.4. The van der Waals surface area contributed by atoms with Gasteiger partial charge in [0.25, 0.3) is 10.2 Å². The van der Waals surface area contributed by atoms with Gasteiger partial charge >= 0.3 is 0 Å². The fraction of sp³-hybridized carbons (Fsp3) is 0.538. The lowest BCUT2D eigenvalue weighted by Crippen LogP contribution is -2.46. The second-order valence-corrected chi connectivity index (χ2v) is 7.22. The van der Waals surface area contributed by atoms with Gasteiger partial charge in [0, 0.05) is 31.9 Å². The zero-order chi connectivity index (χ0) is 14.2. The van der Waals surface area contributed by atoms with Gasteiger partial charge < -0.3 is 5.73 Å². The third kappa shape index (κ3) is 2.75. The lowest BCUT2D eigenvalue weighted by atomic mass is 10.0. The van der Waals surface area contributed by atoms with E-state index in [1.807, 2.05) is 32.0 Å². The van der Waals surface area contributed by atoms with E-state index in [1.54, 1.807) is 7.05 Å². The third-order valence-corrected chi connectivity index (χ3v) is 5.74. The molecular weight excluding hydrogens is 262 g/mol. The minimum Gasteiger partial charge on any atom is -0.399 e. The highest BCUT2D eigenvalue weighted by Gasteiger charge is 2.31. The van der Waals surface area contributed by atoms with Gasteiger partial charge in [0.2, 0.25) is 0 Å². The number of nitrogen functional groups attached to an aromatic ring is 1. The zero-order valence-corrected chi connectivity index (χ0v) is 12.4. The largest absolute Gasteiger partial charge is 0.399 e. The molecule has 0 unspecified atom stereocenters. The molecule has 1 aliphatic heterocycles. The highest BCUT2D eigenvalue weighted by Crippen LogP contribution is 2.24. The van der Waals surface area contributed by atoms with E-state index in [2.05, 4.69) is 0 Å². The van der Waals surface area contributed by atoms with Crippen molar-refractivity contribution in [3.63, 3.8) is 0 Å². The van der Waals surface area contributed by atoms with Crippen LogP contribution in [-0.2, 0) is 23.2 Å². The Balaban J connectivity index is 2.27. The molecule has 1 heterocycles. The first-order valence-corrected chi connectivity index (χ1v) is 7.82. The molecule has 0 atom stereocenters. The number of hydrogen-bond donors (Lipinski definition) is 1. The molecule has 0 aromatic heterocycles. The molecule has 1 aromatic carbocycles. The van der Waals surface area contributed by atoms with Gasteiger partial charge in [-0.3, -0.25) is 0 Å². The van der Waals surface area contributed by atoms with E-state index in [-0.39, 0.29) is 6.04 Å². The predicted octanol–water partition coefficient (Wildman–Crippen LogP) is 1.21. The Morgan fingerprint density at radius 2 is 2.00 bits per heavy atom. The summed E-state index contributed by atoms with van der Waals surface area (Å²) in [6.07, 6.45) is 0.737. The Hall–Kier alpha value is -1.11. The summed E-state index contributed by atoms with van der Waals surface area (Å²) in [5.74, 6) is 0. The Kier molecular flexibility index (Phi) is 3.85. The van der Waals surface area contributed by atoms with Gasteiger partial charge in [-0.2, -0.15) is 17.0 Å². The quantitative estimate of drug-likeness (QED) is 0.848. The summed E-state index contributed by atoms with van der Waals surface area (Å²) in [5.41, 5.74) is 8.64. The van der Waals surface area contributed by atoms with Crippen molar-refractivity contribution >= 4 is 15.9 Å². The standard InChI is InChI=1S/C13H21N3O2S/c1-10(2)15(3)19(17,18)16-7-6-11-4-5-13(14)8-12(11)9-16/h4-5,8,10H,6-7,9,14H2,1-3H3. The summed E-state index contributed by atoms with van der Waals surface area (Å²) in [4.78, 5) is 0. The molecule has 2 rings (SSSR count). The molecule has 19 heavy (non-hydrogen) atoms. The van der Waals surface area contributed by atoms with Crippen LogP contribution in [0.5, 0.6) is 0 Å². The number of rotatable bonds is 3. The van der Waals surface area contributed by atoms with Crippen LogP contribution in [0, 0.1) is 0 Å². The Morgan fingerprint density at radius 3 is 2.63 bits per heavy atom. The van der Waals surface area contributed by atoms with E-state index < -0.39 is 10.2 Å². The minimum absolute atomic E-state index is 0.0489. The average Bonchev–Trinajstić information content (AvgIpc) is 2.36. The molecule has 0 amide bonds. The molecule has 5 nitrogen and oxygen atoms in total. The zero-order valence-electron chi connectivity index (χ0n) is 11.6. The van der Waals surface area contributed by atoms with Crippen LogP contribution < -0.4 is 5.73 Å². The lowest BCUT2D eigenvalue weighted by Gasteiger charge is -2.33. The van der Waals surface area contributed by atoms with Crippen LogP contribution in [0.1, 0.15) is 25.0 Å². The first-order valence-electron chi connectivity index (χ1n) is 6.42. The van der Waals surface area contributed by atoms with Gasteiger partial charge in [-0.15, -0.1) is 0 Å². The number of benzene rings is 1. The van der Waals surface area contributed by atoms with Crippen LogP contribution in [0.4, 0.5) is 5.69 Å². The molecule has 0 spiro atoms. The summed E-state index contributed by atoms with van der Waals surface area (Å²) in [5, 5.41) is 0. The van der Waals surface area contributed by atoms with Crippen molar-refractivity contribution in [2.24, 2.45) is 0 Å². The van der Waals surface area contributed by atoms with Crippen LogP contribution in [-0.4, -0.2) is 36.7 Å². The summed E-state index contributed by atoms with van der Waals surface area (Å²) in [7, 11) is -1.77. The molecule has 2 N–H and O–H groups in total. The molecule has 1 aliphatic rings. The average molecular weight is 283 g/mol. The van der Waals surface area contributed by atoms with Crippen LogP contribution in [0.15, 0.2) is 18.2 Å². The molecule has 0 aliphatic carbocycles. The van der Waals surface area contributed by atoms with Crippen LogP contribution in [0.25, 0.3) is 0 Å². The summed E-state index contributed by atoms with van der Waals surface area (Å²) in [6, 6.07) is 5.67. The van der Waals surface area contributed by atoms with E-state index in [4.69, 9.17) is 5.73 Å². The number of hydrogen-bond acceptors (Lipinski definition) is 3. The summed E-state index contributed by atoms with van der Waals surface area (Å²) in [6.45, 7) is 4.66. The molecule has 106 valence electrons. The van der Waals surface area contributed by atoms with E-state index >= 15 is 0 Å². The van der Waals surface area contributed by atoms with Crippen molar-refractivity contribution in [3.05, 3.63) is 29.3 Å². The first kappa shape index (κ1) is 14.3. The van der Waals surface area contributed by atoms with Crippen molar-refractivity contribution in [2.45, 2.75) is 32.9 Å². The van der Waals surface area contributed by atoms with E-state index in [1.165, 1.54) is 14.2 Å². The number of nitrogens with zero attached hydrogens (tertiary/aromatic N) is 2. The normalized spacial score (nSPS) is 16.9. The molecule has 1 aromatic rings. The molecular formula is C13H21N3O2S. The summed E-state index contributed by atoms with van der Waals surface area (Å²) >= 11 is 0. The third-order valence-electron chi connectivity index (χ3n) is 3.62. The van der Waals surface area contributed by atoms with Crippen molar-refractivity contribution in [1.82, 2.24) is 8.61 Å². The number of nitrogens with two attached hydrogens (primary N) is 1. The monoisotopic (exact) mass is 283 g/mol. The predicted molar refractivity (Wildman–Crippen MR) is 76.8 cm³/mol. The Morgan fingerprint density at radius 1 is 1.32 bits per heavy atom. The molecule has 0 saturated carbocycles. The smallest absolute Gasteiger partial charge is 0.282 e. The van der Waals surface area contributed by atoms with E-state index in [9.17, 15) is 8.42 Å². The van der Waals surface area contributed by atoms with E-state index in [0.29, 0.717) is 18.8 Å². The molecule has 0 fully saturated rings. The fourth-order valence-corrected chi connectivity index (χ4v) is 3.72. The highest BCUT2D eigenvalue weighted by atomic mass is 32.2. The lowest BCUT2D eigenvalue weighted by molar-refractivity contribution is 0.323. The second-order valence-electron chi connectivity index (χ2n) is 5.23. The maximum atomic E-state index is 12.4. The second kappa shape index (κ2) is 5.11. The fourth-order valence-electron chi connectivity index (χ4n) is 2.20. The van der Waals surface area contributed by atoms with Crippen LogP contribution in [0.3, 0.4) is 0 Å². The molecule has 0 radical (unpaired) electrons. The first-order chi connectivity index (χ1) is 8.82. The van der Waals surface area contributed by atoms with Gasteiger partial charge in [-0.1, -0.05) is 6.07 Å². The van der Waals surface area contributed by atoms with Gasteiger partial charge in [0.1, 0.15) is 0 Å². The van der Waals surface area contributed by atoms with Crippen molar-refractivity contribution in [1.29, 1.82) is 0 Å². The van der Waals surface area contributed by atoms with Crippen molar-refractivity contribution in [3.8, 4) is 0 Å². The molecule has 0 saturated heterocycles. The van der Waals surface area contributed by atoms with Crippen molar-refractivity contribution < 1.29 is 8.42 Å². The van der Waals surface area contributed by atoms with Crippen molar-refractivity contribution in [2.75, 3.05) is 19.3 Å². The Bertz CT molecular complexity index is 569.